The summed E-state index contributed by atoms with van der Waals surface area (Å²) in [6.45, 7) is 1.91. The van der Waals surface area contributed by atoms with Crippen LogP contribution in [0.4, 0.5) is 5.69 Å². The summed E-state index contributed by atoms with van der Waals surface area (Å²) in [4.78, 5) is 0.224. The molecular weight excluding hydrogens is 342 g/mol. The second kappa shape index (κ2) is 6.67. The lowest BCUT2D eigenvalue weighted by molar-refractivity contribution is 0.601. The average molecular weight is 358 g/mol. The van der Waals surface area contributed by atoms with Gasteiger partial charge in [0.1, 0.15) is 0 Å². The van der Waals surface area contributed by atoms with Crippen LogP contribution in [-0.4, -0.2) is 8.42 Å². The first-order chi connectivity index (χ1) is 11.5. The summed E-state index contributed by atoms with van der Waals surface area (Å²) in [5, 5.41) is 0.548. The summed E-state index contributed by atoms with van der Waals surface area (Å²) in [7, 11) is -3.67. The molecule has 5 heteroatoms. The first kappa shape index (κ1) is 16.6. The van der Waals surface area contributed by atoms with E-state index in [-0.39, 0.29) is 4.90 Å². The highest BCUT2D eigenvalue weighted by Gasteiger charge is 2.16. The van der Waals surface area contributed by atoms with E-state index in [0.717, 1.165) is 16.7 Å². The molecule has 0 saturated carbocycles. The van der Waals surface area contributed by atoms with E-state index in [1.807, 2.05) is 37.3 Å². The van der Waals surface area contributed by atoms with Gasteiger partial charge in [0.05, 0.1) is 10.6 Å². The van der Waals surface area contributed by atoms with Crippen molar-refractivity contribution in [1.82, 2.24) is 0 Å². The predicted octanol–water partition coefficient (Wildman–Crippen LogP) is 5.12. The van der Waals surface area contributed by atoms with Gasteiger partial charge in [-0.05, 0) is 42.8 Å². The van der Waals surface area contributed by atoms with Gasteiger partial charge in [0.25, 0.3) is 10.0 Å². The van der Waals surface area contributed by atoms with Crippen molar-refractivity contribution in [2.45, 2.75) is 11.8 Å². The molecule has 122 valence electrons. The number of nitrogens with one attached hydrogen (secondary N) is 1. The topological polar surface area (TPSA) is 46.2 Å². The van der Waals surface area contributed by atoms with E-state index < -0.39 is 10.0 Å². The largest absolute Gasteiger partial charge is 0.279 e. The first-order valence-corrected chi connectivity index (χ1v) is 9.26. The Morgan fingerprint density at radius 3 is 2.21 bits per heavy atom. The van der Waals surface area contributed by atoms with E-state index in [0.29, 0.717) is 10.7 Å². The van der Waals surface area contributed by atoms with Crippen LogP contribution in [0, 0.1) is 6.92 Å². The van der Waals surface area contributed by atoms with Crippen molar-refractivity contribution >= 4 is 27.3 Å². The van der Waals surface area contributed by atoms with Gasteiger partial charge in [0.15, 0.2) is 0 Å². The zero-order chi connectivity index (χ0) is 17.2. The lowest BCUT2D eigenvalue weighted by Crippen LogP contribution is -2.13. The quantitative estimate of drug-likeness (QED) is 0.704. The van der Waals surface area contributed by atoms with Gasteiger partial charge in [0.2, 0.25) is 0 Å². The molecule has 1 N–H and O–H groups in total. The molecular formula is C19H16ClNO2S. The minimum absolute atomic E-state index is 0.224. The number of rotatable bonds is 4. The number of anilines is 1. The molecule has 0 amide bonds. The van der Waals surface area contributed by atoms with Gasteiger partial charge in [-0.2, -0.15) is 0 Å². The van der Waals surface area contributed by atoms with Gasteiger partial charge >= 0.3 is 0 Å². The average Bonchev–Trinajstić information content (AvgIpc) is 2.57. The Bertz CT molecular complexity index is 952. The number of halogens is 1. The summed E-state index contributed by atoms with van der Waals surface area (Å²) in [6.07, 6.45) is 0. The van der Waals surface area contributed by atoms with Crippen molar-refractivity contribution < 1.29 is 8.42 Å². The number of benzene rings is 3. The molecule has 3 aromatic carbocycles. The Kier molecular flexibility index (Phi) is 4.60. The van der Waals surface area contributed by atoms with E-state index in [9.17, 15) is 8.42 Å². The second-order valence-electron chi connectivity index (χ2n) is 5.47. The molecule has 0 aliphatic carbocycles. The molecule has 0 fully saturated rings. The van der Waals surface area contributed by atoms with E-state index in [1.165, 1.54) is 0 Å². The van der Waals surface area contributed by atoms with Crippen molar-refractivity contribution in [1.29, 1.82) is 0 Å². The molecule has 0 radical (unpaired) electrons. The molecule has 0 saturated heterocycles. The van der Waals surface area contributed by atoms with Crippen molar-refractivity contribution in [3.05, 3.63) is 83.4 Å². The summed E-state index contributed by atoms with van der Waals surface area (Å²) < 4.78 is 27.9. The highest BCUT2D eigenvalue weighted by molar-refractivity contribution is 7.92. The molecule has 3 aromatic rings. The third kappa shape index (κ3) is 3.61. The molecule has 0 spiro atoms. The van der Waals surface area contributed by atoms with E-state index >= 15 is 0 Å². The minimum atomic E-state index is -3.67. The van der Waals surface area contributed by atoms with Crippen LogP contribution in [0.1, 0.15) is 5.56 Å². The first-order valence-electron chi connectivity index (χ1n) is 7.40. The van der Waals surface area contributed by atoms with Crippen LogP contribution >= 0.6 is 11.6 Å². The zero-order valence-corrected chi connectivity index (χ0v) is 14.6. The van der Waals surface area contributed by atoms with Gasteiger partial charge in [-0.3, -0.25) is 4.72 Å². The number of hydrogen-bond acceptors (Lipinski definition) is 2. The van der Waals surface area contributed by atoms with Crippen molar-refractivity contribution in [3.8, 4) is 11.1 Å². The Labute approximate surface area is 147 Å². The second-order valence-corrected chi connectivity index (χ2v) is 7.59. The minimum Gasteiger partial charge on any atom is -0.279 e. The van der Waals surface area contributed by atoms with Crippen LogP contribution in [-0.2, 0) is 10.0 Å². The lowest BCUT2D eigenvalue weighted by atomic mass is 10.0. The number of hydrogen-bond donors (Lipinski definition) is 1. The van der Waals surface area contributed by atoms with Crippen molar-refractivity contribution in [3.63, 3.8) is 0 Å². The molecule has 0 unspecified atom stereocenters. The van der Waals surface area contributed by atoms with E-state index in [4.69, 9.17) is 11.6 Å². The fourth-order valence-electron chi connectivity index (χ4n) is 2.38. The fraction of sp³-hybridized carbons (Fsp3) is 0.0526. The normalized spacial score (nSPS) is 11.2. The molecule has 3 nitrogen and oxygen atoms in total. The highest BCUT2D eigenvalue weighted by atomic mass is 35.5. The Balaban J connectivity index is 2.03. The van der Waals surface area contributed by atoms with Crippen LogP contribution < -0.4 is 4.72 Å². The van der Waals surface area contributed by atoms with Crippen LogP contribution in [0.25, 0.3) is 11.1 Å². The third-order valence-electron chi connectivity index (χ3n) is 3.64. The number of aryl methyl sites for hydroxylation is 1. The smallest absolute Gasteiger partial charge is 0.261 e. The van der Waals surface area contributed by atoms with Crippen LogP contribution in [0.15, 0.2) is 77.7 Å². The van der Waals surface area contributed by atoms with Crippen LogP contribution in [0.2, 0.25) is 5.02 Å². The van der Waals surface area contributed by atoms with Crippen molar-refractivity contribution in [2.75, 3.05) is 4.72 Å². The SMILES string of the molecule is Cc1ccc(S(=O)(=O)Nc2ccc(Cl)cc2-c2ccccc2)cc1. The van der Waals surface area contributed by atoms with Gasteiger partial charge in [-0.15, -0.1) is 0 Å². The molecule has 3 rings (SSSR count). The van der Waals surface area contributed by atoms with Gasteiger partial charge < -0.3 is 0 Å². The standard InChI is InChI=1S/C19H16ClNO2S/c1-14-7-10-17(11-8-14)24(22,23)21-19-12-9-16(20)13-18(19)15-5-3-2-4-6-15/h2-13,21H,1H3. The molecule has 24 heavy (non-hydrogen) atoms. The molecule has 0 aliphatic rings. The van der Waals surface area contributed by atoms with Crippen molar-refractivity contribution in [2.24, 2.45) is 0 Å². The fourth-order valence-corrected chi connectivity index (χ4v) is 3.63. The maximum Gasteiger partial charge on any atom is 0.261 e. The van der Waals surface area contributed by atoms with Gasteiger partial charge in [-0.25, -0.2) is 8.42 Å². The summed E-state index contributed by atoms with van der Waals surface area (Å²) in [5.41, 5.74) is 3.12. The van der Waals surface area contributed by atoms with E-state index in [1.54, 1.807) is 42.5 Å². The molecule has 0 bridgehead atoms. The predicted molar refractivity (Wildman–Crippen MR) is 98.9 cm³/mol. The van der Waals surface area contributed by atoms with Crippen LogP contribution in [0.3, 0.4) is 0 Å². The Morgan fingerprint density at radius 1 is 0.875 bits per heavy atom. The summed E-state index contributed by atoms with van der Waals surface area (Å²) in [6, 6.07) is 21.4. The molecule has 0 aliphatic heterocycles. The van der Waals surface area contributed by atoms with Gasteiger partial charge in [-0.1, -0.05) is 59.6 Å². The zero-order valence-electron chi connectivity index (χ0n) is 13.0. The highest BCUT2D eigenvalue weighted by Crippen LogP contribution is 2.32. The maximum absolute atomic E-state index is 12.6. The molecule has 0 aromatic heterocycles. The Morgan fingerprint density at radius 2 is 1.54 bits per heavy atom. The van der Waals surface area contributed by atoms with E-state index in [2.05, 4.69) is 4.72 Å². The third-order valence-corrected chi connectivity index (χ3v) is 5.26. The molecule has 0 atom stereocenters. The number of sulfonamides is 1. The molecule has 0 heterocycles. The maximum atomic E-state index is 12.6. The Hall–Kier alpha value is -2.30. The summed E-state index contributed by atoms with van der Waals surface area (Å²) in [5.74, 6) is 0. The van der Waals surface area contributed by atoms with Crippen LogP contribution in [0.5, 0.6) is 0 Å². The monoisotopic (exact) mass is 357 g/mol. The van der Waals surface area contributed by atoms with Gasteiger partial charge in [0, 0.05) is 10.6 Å². The summed E-state index contributed by atoms with van der Waals surface area (Å²) >= 11 is 6.10. The lowest BCUT2D eigenvalue weighted by Gasteiger charge is -2.13.